The van der Waals surface area contributed by atoms with Gasteiger partial charge < -0.3 is 10.1 Å². The summed E-state index contributed by atoms with van der Waals surface area (Å²) in [5.41, 5.74) is 1.63. The molecule has 1 spiro atoms. The van der Waals surface area contributed by atoms with Gasteiger partial charge in [-0.25, -0.2) is 9.97 Å². The van der Waals surface area contributed by atoms with Gasteiger partial charge in [0.15, 0.2) is 5.65 Å². The maximum Gasteiger partial charge on any atom is 0.224 e. The van der Waals surface area contributed by atoms with Crippen LogP contribution in [0.25, 0.3) is 11.2 Å². The van der Waals surface area contributed by atoms with Crippen LogP contribution >= 0.6 is 11.6 Å². The quantitative estimate of drug-likeness (QED) is 0.730. The summed E-state index contributed by atoms with van der Waals surface area (Å²) in [4.78, 5) is 12.8. The van der Waals surface area contributed by atoms with E-state index in [1.54, 1.807) is 6.20 Å². The first-order valence-corrected chi connectivity index (χ1v) is 6.39. The summed E-state index contributed by atoms with van der Waals surface area (Å²) >= 11 is 5.90. The lowest BCUT2D eigenvalue weighted by molar-refractivity contribution is 0.0338. The van der Waals surface area contributed by atoms with E-state index in [9.17, 15) is 0 Å². The first kappa shape index (κ1) is 10.5. The molecule has 0 bridgehead atoms. The van der Waals surface area contributed by atoms with Crippen molar-refractivity contribution in [2.75, 3.05) is 25.1 Å². The zero-order valence-corrected chi connectivity index (χ0v) is 10.4. The monoisotopic (exact) mass is 265 g/mol. The number of imidazole rings is 1. The van der Waals surface area contributed by atoms with Crippen molar-refractivity contribution in [2.45, 2.75) is 18.4 Å². The fourth-order valence-electron chi connectivity index (χ4n) is 2.90. The standard InChI is InChI=1S/C11H12ClN5O/c12-9-13-5-7-8(16-9)17-10(15-7)14-6-11(17)1-3-18-4-2-11/h5H,1-4,6H2,(H,14,15). The third-order valence-corrected chi connectivity index (χ3v) is 4.03. The van der Waals surface area contributed by atoms with Crippen LogP contribution in [0.1, 0.15) is 12.8 Å². The van der Waals surface area contributed by atoms with Gasteiger partial charge in [0.1, 0.15) is 5.52 Å². The third kappa shape index (κ3) is 1.30. The lowest BCUT2D eigenvalue weighted by atomic mass is 9.90. The Balaban J connectivity index is 1.96. The molecule has 1 N–H and O–H groups in total. The molecule has 4 rings (SSSR count). The highest BCUT2D eigenvalue weighted by atomic mass is 35.5. The van der Waals surface area contributed by atoms with E-state index in [-0.39, 0.29) is 10.8 Å². The molecule has 2 aliphatic heterocycles. The molecule has 94 valence electrons. The molecule has 2 aromatic heterocycles. The molecule has 18 heavy (non-hydrogen) atoms. The van der Waals surface area contributed by atoms with Crippen molar-refractivity contribution in [2.24, 2.45) is 0 Å². The number of anilines is 1. The zero-order valence-electron chi connectivity index (χ0n) is 9.69. The van der Waals surface area contributed by atoms with E-state index < -0.39 is 0 Å². The predicted octanol–water partition coefficient (Wildman–Crippen LogP) is 1.41. The second-order valence-corrected chi connectivity index (χ2v) is 5.15. The summed E-state index contributed by atoms with van der Waals surface area (Å²) in [6, 6.07) is 0. The lowest BCUT2D eigenvalue weighted by Crippen LogP contribution is -2.40. The van der Waals surface area contributed by atoms with E-state index in [4.69, 9.17) is 16.3 Å². The van der Waals surface area contributed by atoms with Gasteiger partial charge in [0, 0.05) is 19.8 Å². The first-order valence-electron chi connectivity index (χ1n) is 6.02. The Bertz CT molecular complexity index is 619. The van der Waals surface area contributed by atoms with Gasteiger partial charge in [-0.05, 0) is 24.4 Å². The van der Waals surface area contributed by atoms with Crippen LogP contribution in [0, 0.1) is 0 Å². The maximum atomic E-state index is 5.90. The van der Waals surface area contributed by atoms with Crippen molar-refractivity contribution in [3.8, 4) is 0 Å². The Morgan fingerprint density at radius 3 is 3.00 bits per heavy atom. The van der Waals surface area contributed by atoms with Crippen molar-refractivity contribution < 1.29 is 4.74 Å². The van der Waals surface area contributed by atoms with Crippen LogP contribution in [0.15, 0.2) is 6.20 Å². The molecule has 1 fully saturated rings. The number of hydrogen-bond donors (Lipinski definition) is 1. The topological polar surface area (TPSA) is 64.9 Å². The van der Waals surface area contributed by atoms with E-state index in [0.29, 0.717) is 0 Å². The SMILES string of the molecule is Clc1ncc2nc3n(c2n1)C1(CCOCC1)CN3. The molecule has 0 atom stereocenters. The summed E-state index contributed by atoms with van der Waals surface area (Å²) in [6.07, 6.45) is 3.62. The highest BCUT2D eigenvalue weighted by Gasteiger charge is 2.42. The molecule has 0 amide bonds. The molecule has 0 radical (unpaired) electrons. The van der Waals surface area contributed by atoms with Crippen LogP contribution < -0.4 is 5.32 Å². The number of aromatic nitrogens is 4. The molecule has 7 heteroatoms. The van der Waals surface area contributed by atoms with E-state index >= 15 is 0 Å². The van der Waals surface area contributed by atoms with Gasteiger partial charge >= 0.3 is 0 Å². The molecule has 0 saturated carbocycles. The maximum absolute atomic E-state index is 5.90. The van der Waals surface area contributed by atoms with Crippen LogP contribution in [0.2, 0.25) is 5.28 Å². The lowest BCUT2D eigenvalue weighted by Gasteiger charge is -2.34. The fourth-order valence-corrected chi connectivity index (χ4v) is 3.02. The van der Waals surface area contributed by atoms with Crippen LogP contribution in [0.5, 0.6) is 0 Å². The zero-order chi connectivity index (χ0) is 12.2. The summed E-state index contributed by atoms with van der Waals surface area (Å²) in [5.74, 6) is 0.864. The average molecular weight is 266 g/mol. The number of hydrogen-bond acceptors (Lipinski definition) is 5. The van der Waals surface area contributed by atoms with Crippen molar-refractivity contribution in [3.63, 3.8) is 0 Å². The van der Waals surface area contributed by atoms with Crippen molar-refractivity contribution >= 4 is 28.7 Å². The minimum Gasteiger partial charge on any atom is -0.381 e. The number of halogens is 1. The van der Waals surface area contributed by atoms with Gasteiger partial charge in [-0.2, -0.15) is 4.98 Å². The van der Waals surface area contributed by atoms with Crippen molar-refractivity contribution in [3.05, 3.63) is 11.5 Å². The molecule has 1 saturated heterocycles. The number of nitrogens with one attached hydrogen (secondary N) is 1. The first-order chi connectivity index (χ1) is 8.78. The third-order valence-electron chi connectivity index (χ3n) is 3.84. The van der Waals surface area contributed by atoms with Crippen LogP contribution in [-0.4, -0.2) is 39.3 Å². The second kappa shape index (κ2) is 3.55. The molecule has 6 nitrogen and oxygen atoms in total. The van der Waals surface area contributed by atoms with Gasteiger partial charge in [-0.1, -0.05) is 0 Å². The Morgan fingerprint density at radius 2 is 2.17 bits per heavy atom. The molecule has 0 aliphatic carbocycles. The van der Waals surface area contributed by atoms with Gasteiger partial charge in [0.2, 0.25) is 11.2 Å². The predicted molar refractivity (Wildman–Crippen MR) is 66.8 cm³/mol. The minimum atomic E-state index is 0.0278. The van der Waals surface area contributed by atoms with Crippen LogP contribution in [0.4, 0.5) is 5.95 Å². The van der Waals surface area contributed by atoms with E-state index in [1.165, 1.54) is 0 Å². The van der Waals surface area contributed by atoms with Gasteiger partial charge in [0.25, 0.3) is 0 Å². The largest absolute Gasteiger partial charge is 0.381 e. The average Bonchev–Trinajstić information content (AvgIpc) is 2.90. The Morgan fingerprint density at radius 1 is 1.33 bits per heavy atom. The van der Waals surface area contributed by atoms with E-state index in [0.717, 1.165) is 49.7 Å². The second-order valence-electron chi connectivity index (χ2n) is 4.81. The molecule has 0 aromatic carbocycles. The Labute approximate surface area is 108 Å². The molecular formula is C11H12ClN5O. The Hall–Kier alpha value is -1.40. The van der Waals surface area contributed by atoms with Crippen molar-refractivity contribution in [1.29, 1.82) is 0 Å². The summed E-state index contributed by atoms with van der Waals surface area (Å²) in [7, 11) is 0. The van der Waals surface area contributed by atoms with Gasteiger partial charge in [-0.15, -0.1) is 0 Å². The van der Waals surface area contributed by atoms with Crippen molar-refractivity contribution in [1.82, 2.24) is 19.5 Å². The molecule has 2 aliphatic rings. The summed E-state index contributed by atoms with van der Waals surface area (Å²) in [5, 5.41) is 3.62. The van der Waals surface area contributed by atoms with Gasteiger partial charge in [-0.3, -0.25) is 4.57 Å². The highest BCUT2D eigenvalue weighted by Crippen LogP contribution is 2.39. The molecule has 0 unspecified atom stereocenters. The fraction of sp³-hybridized carbons (Fsp3) is 0.545. The van der Waals surface area contributed by atoms with E-state index in [2.05, 4.69) is 24.8 Å². The molecule has 2 aromatic rings. The van der Waals surface area contributed by atoms with E-state index in [1.807, 2.05) is 0 Å². The number of ether oxygens (including phenoxy) is 1. The normalized spacial score (nSPS) is 21.2. The Kier molecular flexibility index (Phi) is 2.07. The minimum absolute atomic E-state index is 0.0278. The number of nitrogens with zero attached hydrogens (tertiary/aromatic N) is 4. The van der Waals surface area contributed by atoms with Crippen LogP contribution in [0.3, 0.4) is 0 Å². The molecular weight excluding hydrogens is 254 g/mol. The van der Waals surface area contributed by atoms with Crippen LogP contribution in [-0.2, 0) is 10.3 Å². The summed E-state index contributed by atoms with van der Waals surface area (Å²) in [6.45, 7) is 2.44. The highest BCUT2D eigenvalue weighted by molar-refractivity contribution is 6.28. The summed E-state index contributed by atoms with van der Waals surface area (Å²) < 4.78 is 7.64. The molecule has 4 heterocycles. The van der Waals surface area contributed by atoms with Gasteiger partial charge in [0.05, 0.1) is 11.7 Å². The smallest absolute Gasteiger partial charge is 0.224 e. The number of fused-ring (bicyclic) bond motifs is 4. The number of rotatable bonds is 0.